The number of hydrogen-bond acceptors (Lipinski definition) is 4. The molecule has 140 valence electrons. The van der Waals surface area contributed by atoms with Crippen molar-refractivity contribution < 1.29 is 9.53 Å². The predicted octanol–water partition coefficient (Wildman–Crippen LogP) is 6.33. The average Bonchev–Trinajstić information content (AvgIpc) is 2.93. The van der Waals surface area contributed by atoms with Gasteiger partial charge in [0.15, 0.2) is 5.17 Å². The number of amidine groups is 1. The highest BCUT2D eigenvalue weighted by Gasteiger charge is 2.24. The minimum absolute atomic E-state index is 0.0277. The number of benzene rings is 2. The van der Waals surface area contributed by atoms with E-state index >= 15 is 0 Å². The Morgan fingerprint density at radius 1 is 1.15 bits per heavy atom. The van der Waals surface area contributed by atoms with Crippen molar-refractivity contribution in [2.24, 2.45) is 4.99 Å². The number of thioether (sulfide) groups is 1. The summed E-state index contributed by atoms with van der Waals surface area (Å²) in [6, 6.07) is 10.5. The van der Waals surface area contributed by atoms with Crippen LogP contribution in [-0.4, -0.2) is 17.2 Å². The van der Waals surface area contributed by atoms with Gasteiger partial charge in [-0.05, 0) is 61.5 Å². The van der Waals surface area contributed by atoms with Crippen LogP contribution in [0.15, 0.2) is 46.3 Å². The van der Waals surface area contributed by atoms with Crippen LogP contribution in [0, 0.1) is 0 Å². The minimum atomic E-state index is -0.240. The third kappa shape index (κ3) is 4.99. The van der Waals surface area contributed by atoms with E-state index in [0.29, 0.717) is 36.6 Å². The molecule has 0 aliphatic carbocycles. The lowest BCUT2D eigenvalue weighted by Gasteiger charge is -2.11. The summed E-state index contributed by atoms with van der Waals surface area (Å²) in [7, 11) is 0. The van der Waals surface area contributed by atoms with E-state index in [2.05, 4.69) is 10.3 Å². The zero-order valence-electron chi connectivity index (χ0n) is 14.4. The number of amides is 1. The van der Waals surface area contributed by atoms with E-state index in [1.807, 2.05) is 19.9 Å². The average molecular weight is 442 g/mol. The maximum atomic E-state index is 12.2. The van der Waals surface area contributed by atoms with Crippen LogP contribution in [0.3, 0.4) is 0 Å². The van der Waals surface area contributed by atoms with Crippen molar-refractivity contribution in [2.75, 3.05) is 0 Å². The van der Waals surface area contributed by atoms with Crippen LogP contribution >= 0.6 is 46.6 Å². The zero-order chi connectivity index (χ0) is 19.6. The fourth-order valence-corrected chi connectivity index (χ4v) is 3.68. The first-order valence-electron chi connectivity index (χ1n) is 8.03. The summed E-state index contributed by atoms with van der Waals surface area (Å²) in [6.07, 6.45) is 1.77. The third-order valence-corrected chi connectivity index (χ3v) is 5.43. The molecule has 0 bridgehead atoms. The summed E-state index contributed by atoms with van der Waals surface area (Å²) in [5, 5.41) is 4.38. The van der Waals surface area contributed by atoms with Crippen LogP contribution in [0.1, 0.15) is 19.4 Å². The summed E-state index contributed by atoms with van der Waals surface area (Å²) < 4.78 is 5.62. The lowest BCUT2D eigenvalue weighted by atomic mass is 10.2. The number of nitrogens with one attached hydrogen (secondary N) is 1. The van der Waals surface area contributed by atoms with Crippen molar-refractivity contribution in [3.8, 4) is 5.75 Å². The van der Waals surface area contributed by atoms with Crippen molar-refractivity contribution in [2.45, 2.75) is 20.0 Å². The molecular formula is C19H15Cl3N2O2S. The van der Waals surface area contributed by atoms with Gasteiger partial charge in [0.25, 0.3) is 5.91 Å². The van der Waals surface area contributed by atoms with E-state index in [1.54, 1.807) is 36.4 Å². The lowest BCUT2D eigenvalue weighted by molar-refractivity contribution is -0.115. The number of halogens is 3. The van der Waals surface area contributed by atoms with Crippen LogP contribution in [0.25, 0.3) is 6.08 Å². The van der Waals surface area contributed by atoms with Gasteiger partial charge in [-0.3, -0.25) is 4.79 Å². The molecule has 2 aromatic rings. The fraction of sp³-hybridized carbons (Fsp3) is 0.158. The Hall–Kier alpha value is -1.66. The molecule has 1 aliphatic heterocycles. The Morgan fingerprint density at radius 2 is 1.93 bits per heavy atom. The molecule has 4 nitrogen and oxygen atoms in total. The smallest absolute Gasteiger partial charge is 0.264 e. The molecule has 3 rings (SSSR count). The first kappa shape index (κ1) is 20.1. The number of carbonyl (C=O) groups excluding carboxylic acids is 1. The molecule has 0 unspecified atom stereocenters. The first-order valence-corrected chi connectivity index (χ1v) is 9.98. The Balaban J connectivity index is 1.82. The van der Waals surface area contributed by atoms with E-state index in [-0.39, 0.29) is 12.0 Å². The van der Waals surface area contributed by atoms with Gasteiger partial charge >= 0.3 is 0 Å². The van der Waals surface area contributed by atoms with Gasteiger partial charge in [-0.2, -0.15) is 0 Å². The SMILES string of the molecule is CC(C)Oc1ccc(/C=C2/SC(=Nc3cccc(Cl)c3Cl)NC2=O)cc1Cl. The predicted molar refractivity (Wildman–Crippen MR) is 114 cm³/mol. The second kappa shape index (κ2) is 8.57. The monoisotopic (exact) mass is 440 g/mol. The van der Waals surface area contributed by atoms with E-state index in [0.717, 1.165) is 5.56 Å². The number of rotatable bonds is 4. The Morgan fingerprint density at radius 3 is 2.63 bits per heavy atom. The molecule has 0 radical (unpaired) electrons. The van der Waals surface area contributed by atoms with Crippen molar-refractivity contribution in [3.63, 3.8) is 0 Å². The molecule has 0 atom stereocenters. The second-order valence-corrected chi connectivity index (χ2v) is 8.13. The summed E-state index contributed by atoms with van der Waals surface area (Å²) in [6.45, 7) is 3.86. The number of nitrogens with zero attached hydrogens (tertiary/aromatic N) is 1. The Bertz CT molecular complexity index is 958. The van der Waals surface area contributed by atoms with Crippen molar-refractivity contribution in [3.05, 3.63) is 61.9 Å². The van der Waals surface area contributed by atoms with Gasteiger partial charge in [-0.25, -0.2) is 4.99 Å². The summed E-state index contributed by atoms with van der Waals surface area (Å²) in [5.74, 6) is 0.366. The molecule has 1 heterocycles. The van der Waals surface area contributed by atoms with Crippen LogP contribution in [0.5, 0.6) is 5.75 Å². The number of aliphatic imine (C=N–C) groups is 1. The molecule has 1 saturated heterocycles. The Labute approximate surface area is 176 Å². The van der Waals surface area contributed by atoms with Gasteiger partial charge in [0.2, 0.25) is 0 Å². The maximum Gasteiger partial charge on any atom is 0.264 e. The highest BCUT2D eigenvalue weighted by atomic mass is 35.5. The Kier molecular flexibility index (Phi) is 6.37. The number of carbonyl (C=O) groups is 1. The quantitative estimate of drug-likeness (QED) is 0.564. The highest BCUT2D eigenvalue weighted by molar-refractivity contribution is 8.18. The number of hydrogen-bond donors (Lipinski definition) is 1. The molecule has 1 N–H and O–H groups in total. The molecule has 0 spiro atoms. The molecule has 0 saturated carbocycles. The highest BCUT2D eigenvalue weighted by Crippen LogP contribution is 2.35. The normalized spacial score (nSPS) is 17.0. The van der Waals surface area contributed by atoms with Gasteiger partial charge in [0, 0.05) is 0 Å². The zero-order valence-corrected chi connectivity index (χ0v) is 17.5. The van der Waals surface area contributed by atoms with Gasteiger partial charge in [-0.1, -0.05) is 46.9 Å². The van der Waals surface area contributed by atoms with E-state index in [9.17, 15) is 4.79 Å². The summed E-state index contributed by atoms with van der Waals surface area (Å²) in [5.41, 5.74) is 1.28. The molecule has 1 fully saturated rings. The summed E-state index contributed by atoms with van der Waals surface area (Å²) >= 11 is 19.6. The first-order chi connectivity index (χ1) is 12.8. The molecule has 8 heteroatoms. The molecule has 0 aromatic heterocycles. The minimum Gasteiger partial charge on any atom is -0.489 e. The van der Waals surface area contributed by atoms with E-state index in [4.69, 9.17) is 39.5 Å². The van der Waals surface area contributed by atoms with Crippen molar-refractivity contribution in [1.82, 2.24) is 5.32 Å². The van der Waals surface area contributed by atoms with Gasteiger partial charge < -0.3 is 10.1 Å². The summed E-state index contributed by atoms with van der Waals surface area (Å²) in [4.78, 5) is 17.1. The second-order valence-electron chi connectivity index (χ2n) is 5.91. The third-order valence-electron chi connectivity index (χ3n) is 3.42. The van der Waals surface area contributed by atoms with E-state index < -0.39 is 0 Å². The molecule has 27 heavy (non-hydrogen) atoms. The molecular weight excluding hydrogens is 427 g/mol. The van der Waals surface area contributed by atoms with Crippen molar-refractivity contribution in [1.29, 1.82) is 0 Å². The van der Waals surface area contributed by atoms with Crippen LogP contribution < -0.4 is 10.1 Å². The van der Waals surface area contributed by atoms with Gasteiger partial charge in [0.1, 0.15) is 5.75 Å². The fourth-order valence-electron chi connectivity index (χ4n) is 2.28. The molecule has 1 aliphatic rings. The van der Waals surface area contributed by atoms with Crippen LogP contribution in [0.2, 0.25) is 15.1 Å². The standard InChI is InChI=1S/C19H15Cl3N2O2S/c1-10(2)26-15-7-6-11(8-13(15)21)9-16-18(25)24-19(27-16)23-14-5-3-4-12(20)17(14)22/h3-10H,1-2H3,(H,23,24,25)/b16-9+. The van der Waals surface area contributed by atoms with Crippen LogP contribution in [-0.2, 0) is 4.79 Å². The van der Waals surface area contributed by atoms with Crippen LogP contribution in [0.4, 0.5) is 5.69 Å². The topological polar surface area (TPSA) is 50.7 Å². The lowest BCUT2D eigenvalue weighted by Crippen LogP contribution is -2.19. The molecule has 2 aromatic carbocycles. The van der Waals surface area contributed by atoms with Gasteiger partial charge in [-0.15, -0.1) is 0 Å². The van der Waals surface area contributed by atoms with Crippen molar-refractivity contribution >= 4 is 69.4 Å². The van der Waals surface area contributed by atoms with Gasteiger partial charge in [0.05, 0.1) is 31.8 Å². The maximum absolute atomic E-state index is 12.2. The largest absolute Gasteiger partial charge is 0.489 e. The molecule has 1 amide bonds. The number of ether oxygens (including phenoxy) is 1. The van der Waals surface area contributed by atoms with E-state index in [1.165, 1.54) is 11.8 Å².